The van der Waals surface area contributed by atoms with E-state index in [0.29, 0.717) is 11.0 Å². The van der Waals surface area contributed by atoms with E-state index in [9.17, 15) is 4.39 Å². The molecule has 21 heavy (non-hydrogen) atoms. The quantitative estimate of drug-likeness (QED) is 0.784. The highest BCUT2D eigenvalue weighted by molar-refractivity contribution is 9.10. The highest BCUT2D eigenvalue weighted by Gasteiger charge is 2.12. The van der Waals surface area contributed by atoms with Gasteiger partial charge in [-0.2, -0.15) is 0 Å². The van der Waals surface area contributed by atoms with Gasteiger partial charge in [0.05, 0.1) is 10.5 Å². The number of fused-ring (bicyclic) bond motifs is 1. The topological polar surface area (TPSA) is 42.2 Å². The van der Waals surface area contributed by atoms with E-state index in [4.69, 9.17) is 0 Å². The average molecular weight is 349 g/mol. The molecule has 1 atom stereocenters. The minimum absolute atomic E-state index is 0.00843. The molecule has 2 heterocycles. The number of aromatic nitrogens is 3. The van der Waals surface area contributed by atoms with Crippen LogP contribution in [0, 0.1) is 5.82 Å². The zero-order chi connectivity index (χ0) is 14.8. The van der Waals surface area contributed by atoms with Gasteiger partial charge in [-0.25, -0.2) is 4.39 Å². The summed E-state index contributed by atoms with van der Waals surface area (Å²) in [7, 11) is 0. The minimum Gasteiger partial charge on any atom is -0.303 e. The maximum atomic E-state index is 13.5. The van der Waals surface area contributed by atoms with E-state index in [1.54, 1.807) is 6.07 Å². The van der Waals surface area contributed by atoms with Crippen LogP contribution in [0.2, 0.25) is 0 Å². The Labute approximate surface area is 130 Å². The second-order valence-corrected chi connectivity index (χ2v) is 5.69. The van der Waals surface area contributed by atoms with Gasteiger partial charge in [-0.3, -0.25) is 4.40 Å². The monoisotopic (exact) mass is 348 g/mol. The molecular weight excluding hydrogens is 335 g/mol. The molecule has 0 saturated heterocycles. The van der Waals surface area contributed by atoms with Crippen molar-refractivity contribution >= 4 is 21.6 Å². The van der Waals surface area contributed by atoms with Gasteiger partial charge in [0, 0.05) is 12.7 Å². The molecule has 0 fully saturated rings. The molecule has 6 heteroatoms. The Morgan fingerprint density at radius 3 is 2.95 bits per heavy atom. The van der Waals surface area contributed by atoms with Crippen LogP contribution in [0.25, 0.3) is 5.65 Å². The van der Waals surface area contributed by atoms with Crippen LogP contribution in [0.3, 0.4) is 0 Å². The Balaban J connectivity index is 1.74. The summed E-state index contributed by atoms with van der Waals surface area (Å²) in [6.07, 6.45) is 1.93. The summed E-state index contributed by atoms with van der Waals surface area (Å²) in [4.78, 5) is 0. The summed E-state index contributed by atoms with van der Waals surface area (Å²) in [5.41, 5.74) is 1.70. The van der Waals surface area contributed by atoms with Crippen LogP contribution >= 0.6 is 15.9 Å². The van der Waals surface area contributed by atoms with Gasteiger partial charge in [-0.1, -0.05) is 12.1 Å². The van der Waals surface area contributed by atoms with Crippen LogP contribution in [0.15, 0.2) is 47.1 Å². The summed E-state index contributed by atoms with van der Waals surface area (Å²) in [5.74, 6) is 0.582. The predicted molar refractivity (Wildman–Crippen MR) is 82.3 cm³/mol. The number of nitrogens with one attached hydrogen (secondary N) is 1. The average Bonchev–Trinajstić information content (AvgIpc) is 2.92. The smallest absolute Gasteiger partial charge is 0.160 e. The van der Waals surface area contributed by atoms with Crippen molar-refractivity contribution in [2.45, 2.75) is 19.5 Å². The van der Waals surface area contributed by atoms with Gasteiger partial charge in [0.2, 0.25) is 0 Å². The first-order valence-electron chi connectivity index (χ1n) is 6.62. The first kappa shape index (κ1) is 14.2. The molecule has 2 aromatic heterocycles. The van der Waals surface area contributed by atoms with Gasteiger partial charge in [0.25, 0.3) is 0 Å². The van der Waals surface area contributed by atoms with Gasteiger partial charge in [0.1, 0.15) is 5.82 Å². The molecular formula is C15H14BrFN4. The molecule has 4 nitrogen and oxygen atoms in total. The second-order valence-electron chi connectivity index (χ2n) is 4.84. The van der Waals surface area contributed by atoms with E-state index in [1.165, 1.54) is 6.07 Å². The second kappa shape index (κ2) is 5.91. The SMILES string of the molecule is CC(NCc1ccc(Br)c(F)c1)c1nnc2ccccn12. The molecule has 0 saturated carbocycles. The third-order valence-corrected chi connectivity index (χ3v) is 3.97. The van der Waals surface area contributed by atoms with Crippen LogP contribution in [0.4, 0.5) is 4.39 Å². The van der Waals surface area contributed by atoms with Crippen molar-refractivity contribution in [3.63, 3.8) is 0 Å². The Hall–Kier alpha value is -1.79. The van der Waals surface area contributed by atoms with E-state index in [2.05, 4.69) is 31.4 Å². The molecule has 108 valence electrons. The highest BCUT2D eigenvalue weighted by Crippen LogP contribution is 2.17. The third-order valence-electron chi connectivity index (χ3n) is 3.32. The Bertz CT molecular complexity index is 771. The Morgan fingerprint density at radius 2 is 2.14 bits per heavy atom. The van der Waals surface area contributed by atoms with E-state index in [-0.39, 0.29) is 11.9 Å². The minimum atomic E-state index is -0.255. The zero-order valence-corrected chi connectivity index (χ0v) is 13.0. The first-order valence-corrected chi connectivity index (χ1v) is 7.41. The van der Waals surface area contributed by atoms with E-state index in [0.717, 1.165) is 17.0 Å². The number of hydrogen-bond donors (Lipinski definition) is 1. The zero-order valence-electron chi connectivity index (χ0n) is 11.4. The number of nitrogens with zero attached hydrogens (tertiary/aromatic N) is 3. The van der Waals surface area contributed by atoms with Gasteiger partial charge in [-0.15, -0.1) is 10.2 Å². The van der Waals surface area contributed by atoms with E-state index in [1.807, 2.05) is 41.8 Å². The van der Waals surface area contributed by atoms with Crippen molar-refractivity contribution in [3.8, 4) is 0 Å². The molecule has 0 aliphatic carbocycles. The lowest BCUT2D eigenvalue weighted by atomic mass is 10.2. The van der Waals surface area contributed by atoms with Crippen molar-refractivity contribution in [2.75, 3.05) is 0 Å². The molecule has 0 amide bonds. The lowest BCUT2D eigenvalue weighted by Gasteiger charge is -2.12. The number of rotatable bonds is 4. The molecule has 0 spiro atoms. The number of pyridine rings is 1. The van der Waals surface area contributed by atoms with Crippen molar-refractivity contribution in [1.29, 1.82) is 0 Å². The van der Waals surface area contributed by atoms with E-state index < -0.39 is 0 Å². The number of hydrogen-bond acceptors (Lipinski definition) is 3. The van der Waals surface area contributed by atoms with Gasteiger partial charge in [-0.05, 0) is 52.7 Å². The van der Waals surface area contributed by atoms with Crippen molar-refractivity contribution in [2.24, 2.45) is 0 Å². The molecule has 0 aliphatic heterocycles. The van der Waals surface area contributed by atoms with Crippen molar-refractivity contribution in [1.82, 2.24) is 19.9 Å². The first-order chi connectivity index (χ1) is 10.1. The molecule has 1 aromatic carbocycles. The van der Waals surface area contributed by atoms with E-state index >= 15 is 0 Å². The van der Waals surface area contributed by atoms with Crippen LogP contribution in [0.1, 0.15) is 24.4 Å². The molecule has 3 aromatic rings. The fourth-order valence-electron chi connectivity index (χ4n) is 2.17. The van der Waals surface area contributed by atoms with Gasteiger partial charge < -0.3 is 5.32 Å². The Kier molecular flexibility index (Phi) is 3.98. The number of halogens is 2. The standard InChI is InChI=1S/C15H14BrFN4/c1-10(15-20-19-14-4-2-3-7-21(14)15)18-9-11-5-6-12(16)13(17)8-11/h2-8,10,18H,9H2,1H3. The maximum Gasteiger partial charge on any atom is 0.160 e. The fourth-order valence-corrected chi connectivity index (χ4v) is 2.41. The summed E-state index contributed by atoms with van der Waals surface area (Å²) >= 11 is 3.15. The third kappa shape index (κ3) is 2.96. The predicted octanol–water partition coefficient (Wildman–Crippen LogP) is 3.48. The largest absolute Gasteiger partial charge is 0.303 e. The van der Waals surface area contributed by atoms with Crippen molar-refractivity contribution in [3.05, 3.63) is 64.3 Å². The lowest BCUT2D eigenvalue weighted by molar-refractivity contribution is 0.538. The van der Waals surface area contributed by atoms with Crippen molar-refractivity contribution < 1.29 is 4.39 Å². The summed E-state index contributed by atoms with van der Waals surface area (Å²) in [6.45, 7) is 2.58. The highest BCUT2D eigenvalue weighted by atomic mass is 79.9. The molecule has 0 bridgehead atoms. The summed E-state index contributed by atoms with van der Waals surface area (Å²) in [5, 5.41) is 11.7. The van der Waals surface area contributed by atoms with Crippen LogP contribution in [-0.2, 0) is 6.54 Å². The normalized spacial score (nSPS) is 12.7. The molecule has 1 unspecified atom stereocenters. The van der Waals surface area contributed by atoms with Crippen LogP contribution in [-0.4, -0.2) is 14.6 Å². The van der Waals surface area contributed by atoms with Crippen LogP contribution < -0.4 is 5.32 Å². The molecule has 1 N–H and O–H groups in total. The van der Waals surface area contributed by atoms with Gasteiger partial charge in [0.15, 0.2) is 11.5 Å². The maximum absolute atomic E-state index is 13.5. The summed E-state index contributed by atoms with van der Waals surface area (Å²) in [6, 6.07) is 10.9. The lowest BCUT2D eigenvalue weighted by Crippen LogP contribution is -2.20. The van der Waals surface area contributed by atoms with Crippen LogP contribution in [0.5, 0.6) is 0 Å². The Morgan fingerprint density at radius 1 is 1.29 bits per heavy atom. The fraction of sp³-hybridized carbons (Fsp3) is 0.200. The number of benzene rings is 1. The molecule has 0 aliphatic rings. The molecule has 0 radical (unpaired) electrons. The molecule has 3 rings (SSSR count). The summed E-state index contributed by atoms with van der Waals surface area (Å²) < 4.78 is 15.9. The van der Waals surface area contributed by atoms with Gasteiger partial charge >= 0.3 is 0 Å².